The van der Waals surface area contributed by atoms with Crippen molar-refractivity contribution in [1.82, 2.24) is 10.2 Å². The second-order valence-electron chi connectivity index (χ2n) is 7.52. The largest absolute Gasteiger partial charge is 0.496 e. The molecule has 0 bridgehead atoms. The number of methoxy groups -OCH3 is 1. The van der Waals surface area contributed by atoms with Crippen molar-refractivity contribution in [2.45, 2.75) is 70.0 Å². The Morgan fingerprint density at radius 3 is 2.77 bits per heavy atom. The smallest absolute Gasteiger partial charge is 0.245 e. The summed E-state index contributed by atoms with van der Waals surface area (Å²) in [6.07, 6.45) is 6.62. The average molecular weight is 423 g/mol. The van der Waals surface area contributed by atoms with Gasteiger partial charge in [0.15, 0.2) is 0 Å². The Morgan fingerprint density at radius 2 is 2.08 bits per heavy atom. The quantitative estimate of drug-likeness (QED) is 0.784. The van der Waals surface area contributed by atoms with Gasteiger partial charge in [-0.3, -0.25) is 9.59 Å². The number of hydrogen-bond acceptors (Lipinski definition) is 3. The number of halogens is 1. The van der Waals surface area contributed by atoms with Gasteiger partial charge in [-0.1, -0.05) is 35.2 Å². The summed E-state index contributed by atoms with van der Waals surface area (Å²) in [6.45, 7) is 2.26. The van der Waals surface area contributed by atoms with Crippen LogP contribution in [-0.2, 0) is 16.1 Å². The molecule has 1 aliphatic heterocycles. The van der Waals surface area contributed by atoms with E-state index in [-0.39, 0.29) is 17.9 Å². The first-order valence-electron chi connectivity index (χ1n) is 9.38. The summed E-state index contributed by atoms with van der Waals surface area (Å²) in [7, 11) is 1.62. The van der Waals surface area contributed by atoms with Crippen molar-refractivity contribution in [3.63, 3.8) is 0 Å². The molecule has 1 atom stereocenters. The zero-order valence-electron chi connectivity index (χ0n) is 15.5. The van der Waals surface area contributed by atoms with E-state index in [1.165, 1.54) is 19.3 Å². The molecule has 2 amide bonds. The number of nitrogens with zero attached hydrogens (tertiary/aromatic N) is 1. The molecule has 1 saturated carbocycles. The van der Waals surface area contributed by atoms with Gasteiger partial charge in [0.05, 0.1) is 13.7 Å². The summed E-state index contributed by atoms with van der Waals surface area (Å²) in [5.74, 6) is 0.723. The lowest BCUT2D eigenvalue weighted by Gasteiger charge is -2.36. The summed E-state index contributed by atoms with van der Waals surface area (Å²) in [4.78, 5) is 27.3. The highest BCUT2D eigenvalue weighted by Crippen LogP contribution is 2.35. The van der Waals surface area contributed by atoms with Gasteiger partial charge in [0, 0.05) is 22.5 Å². The van der Waals surface area contributed by atoms with Gasteiger partial charge in [-0.05, 0) is 44.4 Å². The highest BCUT2D eigenvalue weighted by atomic mass is 79.9. The molecule has 3 rings (SSSR count). The van der Waals surface area contributed by atoms with Crippen LogP contribution in [0.1, 0.15) is 57.4 Å². The first kappa shape index (κ1) is 19.2. The zero-order chi connectivity index (χ0) is 18.7. The van der Waals surface area contributed by atoms with E-state index in [9.17, 15) is 9.59 Å². The van der Waals surface area contributed by atoms with E-state index in [2.05, 4.69) is 21.2 Å². The minimum atomic E-state index is -0.804. The van der Waals surface area contributed by atoms with Gasteiger partial charge in [-0.15, -0.1) is 0 Å². The minimum absolute atomic E-state index is 0.0216. The molecule has 1 aliphatic carbocycles. The highest BCUT2D eigenvalue weighted by Gasteiger charge is 2.47. The predicted octanol–water partition coefficient (Wildman–Crippen LogP) is 3.79. The lowest BCUT2D eigenvalue weighted by molar-refractivity contribution is -0.141. The Morgan fingerprint density at radius 1 is 1.35 bits per heavy atom. The third-order valence-electron chi connectivity index (χ3n) is 5.72. The number of carbonyl (C=O) groups is 2. The molecule has 0 aromatic heterocycles. The Hall–Kier alpha value is -1.56. The van der Waals surface area contributed by atoms with Crippen molar-refractivity contribution in [2.24, 2.45) is 0 Å². The molecular formula is C20H27BrN2O3. The van der Waals surface area contributed by atoms with Crippen molar-refractivity contribution in [3.8, 4) is 5.75 Å². The maximum Gasteiger partial charge on any atom is 0.245 e. The number of carbonyl (C=O) groups excluding carboxylic acids is 2. The Labute approximate surface area is 163 Å². The maximum atomic E-state index is 13.1. The van der Waals surface area contributed by atoms with Gasteiger partial charge in [0.2, 0.25) is 11.8 Å². The molecule has 1 saturated heterocycles. The second-order valence-corrected chi connectivity index (χ2v) is 8.43. The molecule has 2 aliphatic rings. The first-order valence-corrected chi connectivity index (χ1v) is 10.2. The fourth-order valence-corrected chi connectivity index (χ4v) is 4.43. The fourth-order valence-electron chi connectivity index (χ4n) is 4.02. The van der Waals surface area contributed by atoms with Crippen LogP contribution in [0.5, 0.6) is 5.75 Å². The predicted molar refractivity (Wildman–Crippen MR) is 104 cm³/mol. The van der Waals surface area contributed by atoms with E-state index in [0.29, 0.717) is 19.4 Å². The number of likely N-dealkylation sites (tertiary alicyclic amines) is 1. The van der Waals surface area contributed by atoms with Crippen LogP contribution in [0.3, 0.4) is 0 Å². The Kier molecular flexibility index (Phi) is 5.90. The minimum Gasteiger partial charge on any atom is -0.496 e. The lowest BCUT2D eigenvalue weighted by atomic mass is 9.92. The number of ether oxygens (including phenoxy) is 1. The van der Waals surface area contributed by atoms with Crippen molar-refractivity contribution < 1.29 is 14.3 Å². The molecule has 142 valence electrons. The molecule has 2 fully saturated rings. The number of rotatable bonds is 5. The molecule has 0 spiro atoms. The Bertz CT molecular complexity index is 688. The van der Waals surface area contributed by atoms with E-state index >= 15 is 0 Å². The Balaban J connectivity index is 1.79. The molecule has 1 heterocycles. The summed E-state index contributed by atoms with van der Waals surface area (Å²) in [5, 5.41) is 3.20. The van der Waals surface area contributed by atoms with Crippen LogP contribution in [0.4, 0.5) is 0 Å². The van der Waals surface area contributed by atoms with Crippen LogP contribution in [0.2, 0.25) is 0 Å². The van der Waals surface area contributed by atoms with Crippen molar-refractivity contribution in [2.75, 3.05) is 7.11 Å². The molecule has 0 radical (unpaired) electrons. The van der Waals surface area contributed by atoms with Crippen molar-refractivity contribution >= 4 is 27.7 Å². The topological polar surface area (TPSA) is 58.6 Å². The summed E-state index contributed by atoms with van der Waals surface area (Å²) < 4.78 is 6.36. The van der Waals surface area contributed by atoms with Crippen LogP contribution in [0, 0.1) is 0 Å². The number of hydrogen-bond donors (Lipinski definition) is 1. The van der Waals surface area contributed by atoms with Crippen LogP contribution < -0.4 is 10.1 Å². The number of benzene rings is 1. The fraction of sp³-hybridized carbons (Fsp3) is 0.600. The van der Waals surface area contributed by atoms with Crippen molar-refractivity contribution in [1.29, 1.82) is 0 Å². The molecule has 1 aromatic carbocycles. The van der Waals surface area contributed by atoms with E-state index in [1.807, 2.05) is 25.1 Å². The standard InChI is InChI=1S/C20H27BrN2O3/c1-20(19(25)22-16-6-4-3-5-7-16)11-10-18(24)23(20)13-14-12-15(21)8-9-17(14)26-2/h8-9,12,16H,3-7,10-11,13H2,1-2H3,(H,22,25)/t20-/m0/s1. The SMILES string of the molecule is COc1ccc(Br)cc1CN1C(=O)CC[C@@]1(C)C(=O)NC1CCCCC1. The molecule has 1 N–H and O–H groups in total. The van der Waals surface area contributed by atoms with Gasteiger partial charge in [0.1, 0.15) is 11.3 Å². The van der Waals surface area contributed by atoms with E-state index < -0.39 is 5.54 Å². The zero-order valence-corrected chi connectivity index (χ0v) is 17.1. The van der Waals surface area contributed by atoms with E-state index in [1.54, 1.807) is 12.0 Å². The van der Waals surface area contributed by atoms with Gasteiger partial charge in [0.25, 0.3) is 0 Å². The summed E-state index contributed by atoms with van der Waals surface area (Å²) >= 11 is 3.47. The van der Waals surface area contributed by atoms with Gasteiger partial charge in [-0.25, -0.2) is 0 Å². The molecule has 1 aromatic rings. The average Bonchev–Trinajstić information content (AvgIpc) is 2.92. The number of amides is 2. The third-order valence-corrected chi connectivity index (χ3v) is 6.22. The van der Waals surface area contributed by atoms with E-state index in [0.717, 1.165) is 28.6 Å². The maximum absolute atomic E-state index is 13.1. The molecule has 5 nitrogen and oxygen atoms in total. The third kappa shape index (κ3) is 3.90. The first-order chi connectivity index (χ1) is 12.4. The normalized spacial score (nSPS) is 24.0. The monoisotopic (exact) mass is 422 g/mol. The molecule has 0 unspecified atom stereocenters. The van der Waals surface area contributed by atoms with Crippen LogP contribution in [0.15, 0.2) is 22.7 Å². The molecule has 26 heavy (non-hydrogen) atoms. The van der Waals surface area contributed by atoms with Crippen LogP contribution in [-0.4, -0.2) is 35.4 Å². The van der Waals surface area contributed by atoms with Gasteiger partial charge in [-0.2, -0.15) is 0 Å². The number of nitrogens with one attached hydrogen (secondary N) is 1. The van der Waals surface area contributed by atoms with Gasteiger partial charge < -0.3 is 15.0 Å². The van der Waals surface area contributed by atoms with Crippen LogP contribution >= 0.6 is 15.9 Å². The highest BCUT2D eigenvalue weighted by molar-refractivity contribution is 9.10. The van der Waals surface area contributed by atoms with E-state index in [4.69, 9.17) is 4.74 Å². The van der Waals surface area contributed by atoms with Gasteiger partial charge >= 0.3 is 0 Å². The van der Waals surface area contributed by atoms with Crippen molar-refractivity contribution in [3.05, 3.63) is 28.2 Å². The second kappa shape index (κ2) is 7.99. The summed E-state index contributed by atoms with van der Waals surface area (Å²) in [6, 6.07) is 5.97. The molecule has 6 heteroatoms. The lowest BCUT2D eigenvalue weighted by Crippen LogP contribution is -2.56. The van der Waals surface area contributed by atoms with Crippen LogP contribution in [0.25, 0.3) is 0 Å². The summed E-state index contributed by atoms with van der Waals surface area (Å²) in [5.41, 5.74) is 0.0933. The molecular weight excluding hydrogens is 396 g/mol.